The number of nitrogens with one attached hydrogen (secondary N) is 2. The van der Waals surface area contributed by atoms with E-state index in [0.717, 1.165) is 13.0 Å². The Morgan fingerprint density at radius 1 is 1.47 bits per heavy atom. The van der Waals surface area contributed by atoms with Gasteiger partial charge in [0.25, 0.3) is 0 Å². The largest absolute Gasteiger partial charge is 0.377 e. The highest BCUT2D eigenvalue weighted by molar-refractivity contribution is 5.77. The zero-order chi connectivity index (χ0) is 13.1. The van der Waals surface area contributed by atoms with Gasteiger partial charge in [-0.2, -0.15) is 0 Å². The molecule has 1 amide bonds. The van der Waals surface area contributed by atoms with Gasteiger partial charge in [-0.15, -0.1) is 0 Å². The van der Waals surface area contributed by atoms with Gasteiger partial charge in [0.1, 0.15) is 0 Å². The van der Waals surface area contributed by atoms with Crippen LogP contribution in [0.15, 0.2) is 0 Å². The van der Waals surface area contributed by atoms with E-state index in [1.165, 1.54) is 0 Å². The summed E-state index contributed by atoms with van der Waals surface area (Å²) in [4.78, 5) is 11.2. The van der Waals surface area contributed by atoms with E-state index in [1.54, 1.807) is 7.05 Å². The molecule has 0 radical (unpaired) electrons. The Morgan fingerprint density at radius 2 is 2.12 bits per heavy atom. The van der Waals surface area contributed by atoms with Gasteiger partial charge in [0, 0.05) is 25.1 Å². The second-order valence-electron chi connectivity index (χ2n) is 5.88. The second kappa shape index (κ2) is 5.83. The molecular formula is C13H26N2O2. The molecule has 0 bridgehead atoms. The monoisotopic (exact) mass is 242 g/mol. The van der Waals surface area contributed by atoms with E-state index in [2.05, 4.69) is 38.3 Å². The van der Waals surface area contributed by atoms with Gasteiger partial charge in [0.05, 0.1) is 12.6 Å². The average Bonchev–Trinajstić information content (AvgIpc) is 2.26. The highest BCUT2D eigenvalue weighted by atomic mass is 16.5. The Morgan fingerprint density at radius 3 is 2.59 bits per heavy atom. The minimum atomic E-state index is 0.0346. The highest BCUT2D eigenvalue weighted by Crippen LogP contribution is 2.42. The summed E-state index contributed by atoms with van der Waals surface area (Å²) >= 11 is 0. The summed E-state index contributed by atoms with van der Waals surface area (Å²) < 4.78 is 5.88. The number of likely N-dealkylation sites (N-methyl/N-ethyl adjacent to an activating group) is 1. The lowest BCUT2D eigenvalue weighted by molar-refractivity contribution is -0.129. The summed E-state index contributed by atoms with van der Waals surface area (Å²) in [7, 11) is 1.66. The lowest BCUT2D eigenvalue weighted by Crippen LogP contribution is -2.62. The Bertz CT molecular complexity index is 264. The van der Waals surface area contributed by atoms with E-state index in [1.807, 2.05) is 0 Å². The molecule has 0 aromatic carbocycles. The van der Waals surface area contributed by atoms with E-state index in [9.17, 15) is 4.79 Å². The van der Waals surface area contributed by atoms with E-state index in [4.69, 9.17) is 4.74 Å². The van der Waals surface area contributed by atoms with Crippen LogP contribution in [0.2, 0.25) is 0 Å². The molecule has 1 rings (SSSR count). The predicted molar refractivity (Wildman–Crippen MR) is 68.8 cm³/mol. The van der Waals surface area contributed by atoms with Gasteiger partial charge >= 0.3 is 0 Å². The molecule has 1 aliphatic carbocycles. The average molecular weight is 242 g/mol. The highest BCUT2D eigenvalue weighted by Gasteiger charge is 2.48. The first kappa shape index (κ1) is 14.5. The summed E-state index contributed by atoms with van der Waals surface area (Å²) in [6, 6.07) is 0.372. The molecule has 0 aromatic heterocycles. The van der Waals surface area contributed by atoms with Crippen LogP contribution in [0.4, 0.5) is 0 Å². The normalized spacial score (nSPS) is 26.7. The molecule has 17 heavy (non-hydrogen) atoms. The molecule has 0 aromatic rings. The Kier molecular flexibility index (Phi) is 4.95. The van der Waals surface area contributed by atoms with Crippen molar-refractivity contribution in [2.45, 2.75) is 46.3 Å². The number of ether oxygens (including phenoxy) is 1. The van der Waals surface area contributed by atoms with Gasteiger partial charge in [-0.3, -0.25) is 4.79 Å². The Hall–Kier alpha value is -0.610. The van der Waals surface area contributed by atoms with Crippen molar-refractivity contribution in [1.29, 1.82) is 0 Å². The number of hydrogen-bond donors (Lipinski definition) is 2. The summed E-state index contributed by atoms with van der Waals surface area (Å²) in [5.74, 6) is 0.607. The van der Waals surface area contributed by atoms with Crippen molar-refractivity contribution >= 4 is 5.91 Å². The molecule has 2 unspecified atom stereocenters. The van der Waals surface area contributed by atoms with Crippen LogP contribution >= 0.6 is 0 Å². The third kappa shape index (κ3) is 3.68. The maximum atomic E-state index is 11.2. The lowest BCUT2D eigenvalue weighted by Gasteiger charge is -2.52. The van der Waals surface area contributed by atoms with Crippen LogP contribution in [0.5, 0.6) is 0 Å². The van der Waals surface area contributed by atoms with Gasteiger partial charge in [0.2, 0.25) is 5.91 Å². The number of amides is 1. The molecule has 0 aliphatic heterocycles. The minimum absolute atomic E-state index is 0.0346. The second-order valence-corrected chi connectivity index (χ2v) is 5.88. The van der Waals surface area contributed by atoms with Gasteiger partial charge in [0.15, 0.2) is 0 Å². The Balaban J connectivity index is 2.31. The molecule has 1 fully saturated rings. The van der Waals surface area contributed by atoms with Crippen molar-refractivity contribution in [2.75, 3.05) is 20.2 Å². The van der Waals surface area contributed by atoms with Crippen LogP contribution in [0, 0.1) is 11.3 Å². The van der Waals surface area contributed by atoms with Crippen molar-refractivity contribution < 1.29 is 9.53 Å². The molecule has 0 saturated heterocycles. The first-order valence-electron chi connectivity index (χ1n) is 6.43. The summed E-state index contributed by atoms with van der Waals surface area (Å²) in [6.45, 7) is 9.92. The zero-order valence-electron chi connectivity index (χ0n) is 11.7. The fraction of sp³-hybridized carbons (Fsp3) is 0.923. The molecular weight excluding hydrogens is 216 g/mol. The molecule has 2 atom stereocenters. The predicted octanol–water partition coefficient (Wildman–Crippen LogP) is 1.16. The number of hydrogen-bond acceptors (Lipinski definition) is 3. The summed E-state index contributed by atoms with van der Waals surface area (Å²) in [6.07, 6.45) is 1.31. The topological polar surface area (TPSA) is 50.4 Å². The van der Waals surface area contributed by atoms with Crippen molar-refractivity contribution in [3.8, 4) is 0 Å². The SMILES string of the molecule is CNC(=O)CNC1CC(OCC(C)C)C1(C)C. The van der Waals surface area contributed by atoms with Crippen LogP contribution in [-0.4, -0.2) is 38.3 Å². The molecule has 0 heterocycles. The van der Waals surface area contributed by atoms with Gasteiger partial charge < -0.3 is 15.4 Å². The molecule has 100 valence electrons. The molecule has 1 saturated carbocycles. The van der Waals surface area contributed by atoms with E-state index in [0.29, 0.717) is 24.6 Å². The fourth-order valence-corrected chi connectivity index (χ4v) is 2.13. The maximum absolute atomic E-state index is 11.2. The quantitative estimate of drug-likeness (QED) is 0.735. The number of carbonyl (C=O) groups is 1. The zero-order valence-corrected chi connectivity index (χ0v) is 11.7. The van der Waals surface area contributed by atoms with Crippen LogP contribution in [0.25, 0.3) is 0 Å². The molecule has 4 heteroatoms. The maximum Gasteiger partial charge on any atom is 0.233 e. The van der Waals surface area contributed by atoms with Crippen LogP contribution < -0.4 is 10.6 Å². The van der Waals surface area contributed by atoms with Gasteiger partial charge in [-0.25, -0.2) is 0 Å². The first-order chi connectivity index (χ1) is 7.87. The molecule has 1 aliphatic rings. The third-order valence-electron chi connectivity index (χ3n) is 3.60. The standard InChI is InChI=1S/C13H26N2O2/c1-9(2)8-17-11-6-10(13(11,3)4)15-7-12(16)14-5/h9-11,15H,6-8H2,1-5H3,(H,14,16). The van der Waals surface area contributed by atoms with Gasteiger partial charge in [-0.05, 0) is 12.3 Å². The van der Waals surface area contributed by atoms with Crippen molar-refractivity contribution in [1.82, 2.24) is 10.6 Å². The molecule has 2 N–H and O–H groups in total. The fourth-order valence-electron chi connectivity index (χ4n) is 2.13. The van der Waals surface area contributed by atoms with Crippen LogP contribution in [0.1, 0.15) is 34.1 Å². The summed E-state index contributed by atoms with van der Waals surface area (Å²) in [5, 5.41) is 5.90. The smallest absolute Gasteiger partial charge is 0.233 e. The van der Waals surface area contributed by atoms with Gasteiger partial charge in [-0.1, -0.05) is 27.7 Å². The molecule has 0 spiro atoms. The van der Waals surface area contributed by atoms with Crippen molar-refractivity contribution in [3.63, 3.8) is 0 Å². The Labute approximate surface area is 104 Å². The lowest BCUT2D eigenvalue weighted by atomic mass is 9.64. The van der Waals surface area contributed by atoms with Crippen LogP contribution in [-0.2, 0) is 9.53 Å². The van der Waals surface area contributed by atoms with Crippen molar-refractivity contribution in [2.24, 2.45) is 11.3 Å². The number of carbonyl (C=O) groups excluding carboxylic acids is 1. The summed E-state index contributed by atoms with van der Waals surface area (Å²) in [5.41, 5.74) is 0.114. The minimum Gasteiger partial charge on any atom is -0.377 e. The third-order valence-corrected chi connectivity index (χ3v) is 3.60. The first-order valence-corrected chi connectivity index (χ1v) is 6.43. The molecule has 4 nitrogen and oxygen atoms in total. The van der Waals surface area contributed by atoms with Crippen molar-refractivity contribution in [3.05, 3.63) is 0 Å². The van der Waals surface area contributed by atoms with E-state index >= 15 is 0 Å². The van der Waals surface area contributed by atoms with E-state index in [-0.39, 0.29) is 11.3 Å². The number of rotatable bonds is 6. The van der Waals surface area contributed by atoms with Crippen LogP contribution in [0.3, 0.4) is 0 Å². The van der Waals surface area contributed by atoms with E-state index < -0.39 is 0 Å².